The number of hydrogen-bond acceptors (Lipinski definition) is 4. The third-order valence-electron chi connectivity index (χ3n) is 2.70. The van der Waals surface area contributed by atoms with Crippen LogP contribution in [0.15, 0.2) is 12.1 Å². The molecule has 0 aliphatic carbocycles. The van der Waals surface area contributed by atoms with Crippen molar-refractivity contribution in [1.29, 1.82) is 0 Å². The Morgan fingerprint density at radius 1 is 1.31 bits per heavy atom. The van der Waals surface area contributed by atoms with Crippen molar-refractivity contribution in [2.45, 2.75) is 26.3 Å². The molecule has 0 atom stereocenters. The van der Waals surface area contributed by atoms with Crippen molar-refractivity contribution in [1.82, 2.24) is 0 Å². The zero-order chi connectivity index (χ0) is 11.8. The maximum absolute atomic E-state index is 5.70. The molecule has 0 bridgehead atoms. The van der Waals surface area contributed by atoms with Gasteiger partial charge in [0.2, 0.25) is 6.79 Å². The number of fused-ring (bicyclic) bond motifs is 1. The number of rotatable bonds is 3. The van der Waals surface area contributed by atoms with E-state index >= 15 is 0 Å². The molecule has 0 fully saturated rings. The van der Waals surface area contributed by atoms with E-state index in [0.29, 0.717) is 13.3 Å². The van der Waals surface area contributed by atoms with Gasteiger partial charge in [-0.3, -0.25) is 0 Å². The number of aryl methyl sites for hydroxylation is 1. The summed E-state index contributed by atoms with van der Waals surface area (Å²) in [6.07, 6.45) is 0. The van der Waals surface area contributed by atoms with E-state index in [2.05, 4.69) is 19.2 Å². The van der Waals surface area contributed by atoms with Gasteiger partial charge >= 0.3 is 0 Å². The average Bonchev–Trinajstić information content (AvgIpc) is 2.65. The van der Waals surface area contributed by atoms with E-state index in [0.717, 1.165) is 22.7 Å². The maximum Gasteiger partial charge on any atom is 0.231 e. The molecule has 1 heterocycles. The summed E-state index contributed by atoms with van der Waals surface area (Å²) in [7, 11) is 0. The zero-order valence-electron chi connectivity index (χ0n) is 9.96. The minimum Gasteiger partial charge on any atom is -0.454 e. The Balaban J connectivity index is 2.28. The standard InChI is InChI=1S/C12H18N2O2/c1-8-4-10-11(16-7-15-10)5-9(8)14-12(2,3)6-13/h4-5,14H,6-7,13H2,1-3H3. The molecule has 0 unspecified atom stereocenters. The molecule has 2 rings (SSSR count). The fraction of sp³-hybridized carbons (Fsp3) is 0.500. The zero-order valence-corrected chi connectivity index (χ0v) is 9.96. The lowest BCUT2D eigenvalue weighted by Gasteiger charge is -2.26. The Morgan fingerprint density at radius 3 is 2.56 bits per heavy atom. The van der Waals surface area contributed by atoms with Crippen molar-refractivity contribution in [2.75, 3.05) is 18.7 Å². The topological polar surface area (TPSA) is 56.5 Å². The van der Waals surface area contributed by atoms with Crippen molar-refractivity contribution in [2.24, 2.45) is 5.73 Å². The number of anilines is 1. The fourth-order valence-electron chi connectivity index (χ4n) is 1.59. The molecule has 0 saturated heterocycles. The van der Waals surface area contributed by atoms with Crippen LogP contribution in [0.25, 0.3) is 0 Å². The predicted molar refractivity (Wildman–Crippen MR) is 64.1 cm³/mol. The van der Waals surface area contributed by atoms with Crippen LogP contribution in [0, 0.1) is 6.92 Å². The van der Waals surface area contributed by atoms with Gasteiger partial charge in [-0.1, -0.05) is 0 Å². The predicted octanol–water partition coefficient (Wildman–Crippen LogP) is 1.87. The van der Waals surface area contributed by atoms with Crippen LogP contribution in [-0.4, -0.2) is 18.9 Å². The van der Waals surface area contributed by atoms with Crippen LogP contribution < -0.4 is 20.5 Å². The Labute approximate surface area is 95.7 Å². The first-order valence-electron chi connectivity index (χ1n) is 5.40. The van der Waals surface area contributed by atoms with Gasteiger partial charge in [0.1, 0.15) is 0 Å². The van der Waals surface area contributed by atoms with Crippen LogP contribution in [-0.2, 0) is 0 Å². The number of nitrogens with two attached hydrogens (primary N) is 1. The van der Waals surface area contributed by atoms with E-state index in [9.17, 15) is 0 Å². The highest BCUT2D eigenvalue weighted by atomic mass is 16.7. The summed E-state index contributed by atoms with van der Waals surface area (Å²) in [6, 6.07) is 3.95. The number of benzene rings is 1. The molecule has 3 N–H and O–H groups in total. The summed E-state index contributed by atoms with van der Waals surface area (Å²) >= 11 is 0. The Bertz CT molecular complexity index is 402. The van der Waals surface area contributed by atoms with Crippen molar-refractivity contribution in [3.8, 4) is 11.5 Å². The molecule has 16 heavy (non-hydrogen) atoms. The monoisotopic (exact) mass is 222 g/mol. The molecule has 1 aromatic rings. The largest absolute Gasteiger partial charge is 0.454 e. The summed E-state index contributed by atoms with van der Waals surface area (Å²) in [5, 5.41) is 3.41. The summed E-state index contributed by atoms with van der Waals surface area (Å²) in [5.41, 5.74) is 7.74. The lowest BCUT2D eigenvalue weighted by molar-refractivity contribution is 0.174. The second kappa shape index (κ2) is 3.87. The van der Waals surface area contributed by atoms with E-state index in [1.54, 1.807) is 0 Å². The van der Waals surface area contributed by atoms with Crippen molar-refractivity contribution in [3.05, 3.63) is 17.7 Å². The quantitative estimate of drug-likeness (QED) is 0.819. The summed E-state index contributed by atoms with van der Waals surface area (Å²) in [5.74, 6) is 1.61. The Kier molecular flexibility index (Phi) is 2.68. The normalized spacial score (nSPS) is 14.0. The smallest absolute Gasteiger partial charge is 0.231 e. The maximum atomic E-state index is 5.70. The van der Waals surface area contributed by atoms with Gasteiger partial charge in [0.05, 0.1) is 0 Å². The van der Waals surface area contributed by atoms with E-state index in [4.69, 9.17) is 15.2 Å². The molecule has 88 valence electrons. The van der Waals surface area contributed by atoms with E-state index < -0.39 is 0 Å². The van der Waals surface area contributed by atoms with Crippen LogP contribution >= 0.6 is 0 Å². The van der Waals surface area contributed by atoms with Gasteiger partial charge in [0, 0.05) is 23.8 Å². The van der Waals surface area contributed by atoms with Crippen LogP contribution in [0.4, 0.5) is 5.69 Å². The molecule has 1 aliphatic rings. The van der Waals surface area contributed by atoms with Crippen molar-refractivity contribution < 1.29 is 9.47 Å². The van der Waals surface area contributed by atoms with Gasteiger partial charge in [0.25, 0.3) is 0 Å². The Morgan fingerprint density at radius 2 is 1.94 bits per heavy atom. The lowest BCUT2D eigenvalue weighted by Crippen LogP contribution is -2.39. The van der Waals surface area contributed by atoms with Crippen LogP contribution in [0.5, 0.6) is 11.5 Å². The van der Waals surface area contributed by atoms with Gasteiger partial charge in [-0.15, -0.1) is 0 Å². The molecule has 0 spiro atoms. The third kappa shape index (κ3) is 2.07. The minimum atomic E-state index is -0.127. The number of hydrogen-bond donors (Lipinski definition) is 2. The van der Waals surface area contributed by atoms with Crippen LogP contribution in [0.3, 0.4) is 0 Å². The summed E-state index contributed by atoms with van der Waals surface area (Å²) in [6.45, 7) is 7.05. The highest BCUT2D eigenvalue weighted by Gasteiger charge is 2.20. The highest BCUT2D eigenvalue weighted by molar-refractivity contribution is 5.61. The molecule has 0 saturated carbocycles. The molecule has 4 heteroatoms. The minimum absolute atomic E-state index is 0.127. The van der Waals surface area contributed by atoms with Gasteiger partial charge in [-0.25, -0.2) is 0 Å². The van der Waals surface area contributed by atoms with Crippen molar-refractivity contribution in [3.63, 3.8) is 0 Å². The first-order valence-corrected chi connectivity index (χ1v) is 5.40. The fourth-order valence-corrected chi connectivity index (χ4v) is 1.59. The Hall–Kier alpha value is -1.42. The van der Waals surface area contributed by atoms with Crippen LogP contribution in [0.1, 0.15) is 19.4 Å². The number of nitrogens with one attached hydrogen (secondary N) is 1. The molecular weight excluding hydrogens is 204 g/mol. The molecule has 0 aromatic heterocycles. The molecule has 0 amide bonds. The molecule has 0 radical (unpaired) electrons. The summed E-state index contributed by atoms with van der Waals surface area (Å²) < 4.78 is 10.7. The van der Waals surface area contributed by atoms with E-state index in [-0.39, 0.29) is 5.54 Å². The highest BCUT2D eigenvalue weighted by Crippen LogP contribution is 2.37. The van der Waals surface area contributed by atoms with E-state index in [1.165, 1.54) is 0 Å². The lowest BCUT2D eigenvalue weighted by atomic mass is 10.0. The second-order valence-corrected chi connectivity index (χ2v) is 4.73. The van der Waals surface area contributed by atoms with Crippen molar-refractivity contribution >= 4 is 5.69 Å². The second-order valence-electron chi connectivity index (χ2n) is 4.73. The molecule has 4 nitrogen and oxygen atoms in total. The van der Waals surface area contributed by atoms with Gasteiger partial charge in [0.15, 0.2) is 11.5 Å². The third-order valence-corrected chi connectivity index (χ3v) is 2.70. The molecule has 1 aliphatic heterocycles. The first kappa shape index (κ1) is 11.1. The number of ether oxygens (including phenoxy) is 2. The first-order chi connectivity index (χ1) is 7.52. The van der Waals surface area contributed by atoms with E-state index in [1.807, 2.05) is 19.1 Å². The van der Waals surface area contributed by atoms with Gasteiger partial charge in [-0.05, 0) is 32.4 Å². The molecular formula is C12H18N2O2. The average molecular weight is 222 g/mol. The summed E-state index contributed by atoms with van der Waals surface area (Å²) in [4.78, 5) is 0. The van der Waals surface area contributed by atoms with Crippen LogP contribution in [0.2, 0.25) is 0 Å². The SMILES string of the molecule is Cc1cc2c(cc1NC(C)(C)CN)OCO2. The molecule has 1 aromatic carbocycles. The van der Waals surface area contributed by atoms with Gasteiger partial charge in [-0.2, -0.15) is 0 Å². The van der Waals surface area contributed by atoms with Gasteiger partial charge < -0.3 is 20.5 Å².